The summed E-state index contributed by atoms with van der Waals surface area (Å²) in [5, 5.41) is 3.91. The number of pyridine rings is 1. The zero-order chi connectivity index (χ0) is 21.6. The number of nitrogen functional groups attached to an aromatic ring is 1. The van der Waals surface area contributed by atoms with Crippen LogP contribution < -0.4 is 15.4 Å². The molecule has 162 valence electrons. The normalized spacial score (nSPS) is 13.8. The van der Waals surface area contributed by atoms with E-state index in [1.54, 1.807) is 24.1 Å². The number of ether oxygens (including phenoxy) is 1. The molecule has 2 amide bonds. The third-order valence-corrected chi connectivity index (χ3v) is 5.15. The SMILES string of the molecule is Cc1nc(-c2ccc(OCCCCCN3CCN(c4ccnc(N)c4)C3=O)cc2)no1. The molecular weight excluding hydrogens is 396 g/mol. The summed E-state index contributed by atoms with van der Waals surface area (Å²) in [7, 11) is 0. The molecule has 31 heavy (non-hydrogen) atoms. The van der Waals surface area contributed by atoms with E-state index in [0.717, 1.165) is 49.4 Å². The van der Waals surface area contributed by atoms with Gasteiger partial charge < -0.3 is 19.9 Å². The van der Waals surface area contributed by atoms with Gasteiger partial charge in [-0.2, -0.15) is 4.98 Å². The Morgan fingerprint density at radius 1 is 1.13 bits per heavy atom. The fraction of sp³-hybridized carbons (Fsp3) is 0.364. The number of unbranched alkanes of at least 4 members (excludes halogenated alkanes) is 2. The van der Waals surface area contributed by atoms with Crippen molar-refractivity contribution < 1.29 is 14.1 Å². The maximum Gasteiger partial charge on any atom is 0.324 e. The number of aromatic nitrogens is 3. The maximum atomic E-state index is 12.6. The highest BCUT2D eigenvalue weighted by Gasteiger charge is 2.29. The molecule has 9 heteroatoms. The quantitative estimate of drug-likeness (QED) is 0.525. The standard InChI is InChI=1S/C22H26N6O3/c1-16-25-21(26-31-16)17-5-7-19(8-6-17)30-14-4-2-3-11-27-12-13-28(22(27)29)18-9-10-24-20(23)15-18/h5-10,15H,2-4,11-14H2,1H3,(H2,23,24). The van der Waals surface area contributed by atoms with Crippen LogP contribution in [-0.4, -0.2) is 52.3 Å². The number of urea groups is 1. The highest BCUT2D eigenvalue weighted by Crippen LogP contribution is 2.22. The fourth-order valence-corrected chi connectivity index (χ4v) is 3.52. The first-order valence-electron chi connectivity index (χ1n) is 10.4. The number of hydrogen-bond acceptors (Lipinski definition) is 7. The van der Waals surface area contributed by atoms with E-state index in [4.69, 9.17) is 15.0 Å². The molecule has 0 atom stereocenters. The van der Waals surface area contributed by atoms with Gasteiger partial charge >= 0.3 is 6.03 Å². The van der Waals surface area contributed by atoms with Crippen LogP contribution in [0, 0.1) is 6.92 Å². The Morgan fingerprint density at radius 3 is 2.71 bits per heavy atom. The van der Waals surface area contributed by atoms with Gasteiger partial charge in [-0.15, -0.1) is 0 Å². The van der Waals surface area contributed by atoms with Gasteiger partial charge in [0.1, 0.15) is 11.6 Å². The first kappa shape index (κ1) is 20.6. The van der Waals surface area contributed by atoms with E-state index in [-0.39, 0.29) is 6.03 Å². The van der Waals surface area contributed by atoms with Gasteiger partial charge in [-0.3, -0.25) is 4.90 Å². The van der Waals surface area contributed by atoms with Crippen molar-refractivity contribution >= 4 is 17.5 Å². The summed E-state index contributed by atoms with van der Waals surface area (Å²) < 4.78 is 10.8. The Hall–Kier alpha value is -3.62. The van der Waals surface area contributed by atoms with Crippen LogP contribution in [0.3, 0.4) is 0 Å². The predicted molar refractivity (Wildman–Crippen MR) is 117 cm³/mol. The lowest BCUT2D eigenvalue weighted by Gasteiger charge is -2.18. The second-order valence-electron chi connectivity index (χ2n) is 7.43. The second kappa shape index (κ2) is 9.46. The third-order valence-electron chi connectivity index (χ3n) is 5.15. The van der Waals surface area contributed by atoms with E-state index in [9.17, 15) is 4.79 Å². The summed E-state index contributed by atoms with van der Waals surface area (Å²) >= 11 is 0. The number of aryl methyl sites for hydroxylation is 1. The first-order chi connectivity index (χ1) is 15.1. The molecule has 3 heterocycles. The van der Waals surface area contributed by atoms with E-state index in [1.165, 1.54) is 0 Å². The average Bonchev–Trinajstić information content (AvgIpc) is 3.37. The molecule has 9 nitrogen and oxygen atoms in total. The monoisotopic (exact) mass is 422 g/mol. The van der Waals surface area contributed by atoms with Crippen molar-refractivity contribution in [3.8, 4) is 17.1 Å². The van der Waals surface area contributed by atoms with E-state index in [0.29, 0.717) is 30.7 Å². The zero-order valence-electron chi connectivity index (χ0n) is 17.5. The number of anilines is 2. The van der Waals surface area contributed by atoms with Gasteiger partial charge in [-0.05, 0) is 49.6 Å². The lowest BCUT2D eigenvalue weighted by Crippen LogP contribution is -2.32. The van der Waals surface area contributed by atoms with Gasteiger partial charge in [0, 0.05) is 44.4 Å². The van der Waals surface area contributed by atoms with Crippen molar-refractivity contribution in [2.24, 2.45) is 0 Å². The lowest BCUT2D eigenvalue weighted by molar-refractivity contribution is 0.219. The van der Waals surface area contributed by atoms with Crippen LogP contribution in [0.2, 0.25) is 0 Å². The van der Waals surface area contributed by atoms with E-state index in [1.807, 2.05) is 35.2 Å². The Balaban J connectivity index is 1.14. The third kappa shape index (κ3) is 5.11. The molecule has 0 bridgehead atoms. The van der Waals surface area contributed by atoms with Gasteiger partial charge in [0.2, 0.25) is 11.7 Å². The molecule has 1 aromatic carbocycles. The molecule has 0 saturated carbocycles. The Morgan fingerprint density at radius 2 is 1.97 bits per heavy atom. The molecule has 0 spiro atoms. The van der Waals surface area contributed by atoms with Crippen LogP contribution in [0.1, 0.15) is 25.2 Å². The lowest BCUT2D eigenvalue weighted by atomic mass is 10.2. The molecule has 3 aromatic rings. The van der Waals surface area contributed by atoms with Crippen molar-refractivity contribution in [2.75, 3.05) is 36.9 Å². The van der Waals surface area contributed by atoms with E-state index in [2.05, 4.69) is 15.1 Å². The molecule has 1 aliphatic heterocycles. The number of nitrogens with two attached hydrogens (primary N) is 1. The zero-order valence-corrected chi connectivity index (χ0v) is 17.5. The molecule has 0 radical (unpaired) electrons. The molecule has 2 aromatic heterocycles. The molecule has 1 saturated heterocycles. The molecule has 0 aliphatic carbocycles. The minimum absolute atomic E-state index is 0.0266. The number of benzene rings is 1. The molecule has 1 fully saturated rings. The van der Waals surface area contributed by atoms with Crippen LogP contribution in [0.25, 0.3) is 11.4 Å². The highest BCUT2D eigenvalue weighted by molar-refractivity contribution is 5.94. The van der Waals surface area contributed by atoms with Gasteiger partial charge in [0.25, 0.3) is 0 Å². The highest BCUT2D eigenvalue weighted by atomic mass is 16.5. The van der Waals surface area contributed by atoms with Crippen molar-refractivity contribution in [1.82, 2.24) is 20.0 Å². The maximum absolute atomic E-state index is 12.6. The molecule has 4 rings (SSSR count). The minimum Gasteiger partial charge on any atom is -0.494 e. The van der Waals surface area contributed by atoms with Crippen LogP contribution in [0.4, 0.5) is 16.3 Å². The molecule has 0 unspecified atom stereocenters. The van der Waals surface area contributed by atoms with Gasteiger partial charge in [0.05, 0.1) is 12.3 Å². The Kier molecular flexibility index (Phi) is 6.30. The molecule has 1 aliphatic rings. The summed E-state index contributed by atoms with van der Waals surface area (Å²) in [5.74, 6) is 2.35. The smallest absolute Gasteiger partial charge is 0.324 e. The van der Waals surface area contributed by atoms with Gasteiger partial charge in [-0.1, -0.05) is 5.16 Å². The summed E-state index contributed by atoms with van der Waals surface area (Å²) in [5.41, 5.74) is 7.42. The van der Waals surface area contributed by atoms with Crippen molar-refractivity contribution in [3.63, 3.8) is 0 Å². The minimum atomic E-state index is 0.0266. The van der Waals surface area contributed by atoms with Crippen molar-refractivity contribution in [1.29, 1.82) is 0 Å². The number of amides is 2. The van der Waals surface area contributed by atoms with Crippen LogP contribution >= 0.6 is 0 Å². The number of carbonyl (C=O) groups excluding carboxylic acids is 1. The summed E-state index contributed by atoms with van der Waals surface area (Å²) in [6.07, 6.45) is 4.49. The number of nitrogens with zero attached hydrogens (tertiary/aromatic N) is 5. The number of hydrogen-bond donors (Lipinski definition) is 1. The first-order valence-corrected chi connectivity index (χ1v) is 10.4. The predicted octanol–water partition coefficient (Wildman–Crippen LogP) is 3.51. The van der Waals surface area contributed by atoms with Gasteiger partial charge in [0.15, 0.2) is 0 Å². The summed E-state index contributed by atoms with van der Waals surface area (Å²) in [6, 6.07) is 11.2. The number of carbonyl (C=O) groups is 1. The van der Waals surface area contributed by atoms with Crippen LogP contribution in [-0.2, 0) is 0 Å². The van der Waals surface area contributed by atoms with Crippen LogP contribution in [0.15, 0.2) is 47.1 Å². The number of rotatable bonds is 9. The summed E-state index contributed by atoms with van der Waals surface area (Å²) in [4.78, 5) is 24.4. The van der Waals surface area contributed by atoms with Crippen molar-refractivity contribution in [3.05, 3.63) is 48.5 Å². The summed E-state index contributed by atoms with van der Waals surface area (Å²) in [6.45, 7) is 4.54. The second-order valence-corrected chi connectivity index (χ2v) is 7.43. The Bertz CT molecular complexity index is 1020. The average molecular weight is 422 g/mol. The largest absolute Gasteiger partial charge is 0.494 e. The van der Waals surface area contributed by atoms with Gasteiger partial charge in [-0.25, -0.2) is 9.78 Å². The topological polar surface area (TPSA) is 111 Å². The fourth-order valence-electron chi connectivity index (χ4n) is 3.52. The van der Waals surface area contributed by atoms with Crippen LogP contribution in [0.5, 0.6) is 5.75 Å². The molecular formula is C22H26N6O3. The molecule has 2 N–H and O–H groups in total. The van der Waals surface area contributed by atoms with E-state index < -0.39 is 0 Å². The van der Waals surface area contributed by atoms with Crippen molar-refractivity contribution in [2.45, 2.75) is 26.2 Å². The Labute approximate surface area is 180 Å². The van der Waals surface area contributed by atoms with E-state index >= 15 is 0 Å².